The maximum atomic E-state index is 5.74. The molecule has 1 unspecified atom stereocenters. The summed E-state index contributed by atoms with van der Waals surface area (Å²) in [5.41, 5.74) is 1.21. The van der Waals surface area contributed by atoms with Crippen molar-refractivity contribution in [1.29, 1.82) is 0 Å². The summed E-state index contributed by atoms with van der Waals surface area (Å²) < 4.78 is 6.89. The summed E-state index contributed by atoms with van der Waals surface area (Å²) in [6, 6.07) is 10.2. The van der Waals surface area contributed by atoms with Crippen LogP contribution in [0.1, 0.15) is 12.5 Å². The molecule has 0 fully saturated rings. The van der Waals surface area contributed by atoms with Crippen molar-refractivity contribution in [2.24, 2.45) is 0 Å². The minimum atomic E-state index is 0.147. The van der Waals surface area contributed by atoms with Crippen molar-refractivity contribution >= 4 is 23.5 Å². The SMILES string of the molecule is C=C(SC)SC/C=C/C(C)OCc1ccccc1. The first-order valence-electron chi connectivity index (χ1n) is 5.90. The van der Waals surface area contributed by atoms with Gasteiger partial charge in [-0.2, -0.15) is 0 Å². The van der Waals surface area contributed by atoms with Gasteiger partial charge in [0.1, 0.15) is 0 Å². The molecule has 0 aliphatic carbocycles. The van der Waals surface area contributed by atoms with Crippen molar-refractivity contribution in [2.45, 2.75) is 19.6 Å². The molecule has 1 nitrogen and oxygen atoms in total. The molecule has 18 heavy (non-hydrogen) atoms. The predicted octanol–water partition coefficient (Wildman–Crippen LogP) is 4.72. The molecular weight excluding hydrogens is 260 g/mol. The first-order chi connectivity index (χ1) is 8.72. The number of thioether (sulfide) groups is 2. The Kier molecular flexibility index (Phi) is 7.98. The fraction of sp³-hybridized carbons (Fsp3) is 0.333. The van der Waals surface area contributed by atoms with E-state index in [4.69, 9.17) is 4.74 Å². The third-order valence-electron chi connectivity index (χ3n) is 2.33. The number of rotatable bonds is 8. The van der Waals surface area contributed by atoms with Crippen LogP contribution < -0.4 is 0 Å². The predicted molar refractivity (Wildman–Crippen MR) is 84.9 cm³/mol. The van der Waals surface area contributed by atoms with Gasteiger partial charge in [0, 0.05) is 9.99 Å². The van der Waals surface area contributed by atoms with Gasteiger partial charge in [0.05, 0.1) is 12.7 Å². The van der Waals surface area contributed by atoms with E-state index in [2.05, 4.69) is 37.8 Å². The molecule has 0 radical (unpaired) electrons. The monoisotopic (exact) mass is 280 g/mol. The average Bonchev–Trinajstić information content (AvgIpc) is 2.42. The summed E-state index contributed by atoms with van der Waals surface area (Å²) in [5.74, 6) is 0.957. The lowest BCUT2D eigenvalue weighted by Crippen LogP contribution is -2.04. The van der Waals surface area contributed by atoms with Crippen LogP contribution in [0.3, 0.4) is 0 Å². The van der Waals surface area contributed by atoms with Crippen molar-refractivity contribution in [3.8, 4) is 0 Å². The first kappa shape index (κ1) is 15.4. The molecule has 98 valence electrons. The van der Waals surface area contributed by atoms with Crippen molar-refractivity contribution in [1.82, 2.24) is 0 Å². The fourth-order valence-corrected chi connectivity index (χ4v) is 2.37. The van der Waals surface area contributed by atoms with Crippen LogP contribution in [-0.4, -0.2) is 18.1 Å². The Labute approximate surface area is 119 Å². The molecule has 1 rings (SSSR count). The van der Waals surface area contributed by atoms with E-state index >= 15 is 0 Å². The highest BCUT2D eigenvalue weighted by atomic mass is 32.2. The second-order valence-corrected chi connectivity index (χ2v) is 6.09. The first-order valence-corrected chi connectivity index (χ1v) is 8.11. The van der Waals surface area contributed by atoms with E-state index in [1.165, 1.54) is 5.56 Å². The third-order valence-corrected chi connectivity index (χ3v) is 4.32. The number of ether oxygens (including phenoxy) is 1. The number of hydrogen-bond donors (Lipinski definition) is 0. The normalized spacial score (nSPS) is 12.8. The third kappa shape index (κ3) is 6.94. The molecule has 0 spiro atoms. The second kappa shape index (κ2) is 9.31. The van der Waals surface area contributed by atoms with E-state index in [0.29, 0.717) is 6.61 Å². The van der Waals surface area contributed by atoms with Gasteiger partial charge in [0.25, 0.3) is 0 Å². The molecule has 3 heteroatoms. The van der Waals surface area contributed by atoms with Gasteiger partial charge in [-0.3, -0.25) is 0 Å². The van der Waals surface area contributed by atoms with Crippen LogP contribution in [0.4, 0.5) is 0 Å². The van der Waals surface area contributed by atoms with Crippen molar-refractivity contribution in [3.63, 3.8) is 0 Å². The lowest BCUT2D eigenvalue weighted by molar-refractivity contribution is 0.0840. The van der Waals surface area contributed by atoms with E-state index < -0.39 is 0 Å². The Balaban J connectivity index is 2.19. The standard InChI is InChI=1S/C15H20OS2/c1-13(8-7-11-18-14(2)17-3)16-12-15-9-5-4-6-10-15/h4-10,13H,2,11-12H2,1,3H3/b8-7+. The van der Waals surface area contributed by atoms with Gasteiger partial charge < -0.3 is 4.74 Å². The van der Waals surface area contributed by atoms with E-state index in [0.717, 1.165) is 9.99 Å². The highest BCUT2D eigenvalue weighted by Gasteiger charge is 1.97. The van der Waals surface area contributed by atoms with Crippen molar-refractivity contribution in [2.75, 3.05) is 12.0 Å². The maximum Gasteiger partial charge on any atom is 0.0732 e. The van der Waals surface area contributed by atoms with Crippen molar-refractivity contribution < 1.29 is 4.74 Å². The molecule has 0 amide bonds. The molecule has 0 N–H and O–H groups in total. The summed E-state index contributed by atoms with van der Waals surface area (Å²) in [4.78, 5) is 0. The zero-order chi connectivity index (χ0) is 13.2. The van der Waals surface area contributed by atoms with Crippen LogP contribution in [0.5, 0.6) is 0 Å². The van der Waals surface area contributed by atoms with Gasteiger partial charge in [-0.05, 0) is 18.7 Å². The second-order valence-electron chi connectivity index (χ2n) is 3.82. The molecule has 0 bridgehead atoms. The van der Waals surface area contributed by atoms with Gasteiger partial charge in [-0.25, -0.2) is 0 Å². The molecule has 1 aromatic carbocycles. The van der Waals surface area contributed by atoms with E-state index in [-0.39, 0.29) is 6.10 Å². The molecule has 0 saturated carbocycles. The van der Waals surface area contributed by atoms with Gasteiger partial charge in [-0.15, -0.1) is 23.5 Å². The van der Waals surface area contributed by atoms with E-state index in [1.807, 2.05) is 24.5 Å². The zero-order valence-corrected chi connectivity index (χ0v) is 12.6. The van der Waals surface area contributed by atoms with Crippen LogP contribution in [-0.2, 0) is 11.3 Å². The average molecular weight is 280 g/mol. The summed E-state index contributed by atoms with van der Waals surface area (Å²) in [6.45, 7) is 6.65. The molecule has 0 aromatic heterocycles. The summed E-state index contributed by atoms with van der Waals surface area (Å²) >= 11 is 3.45. The van der Waals surface area contributed by atoms with Gasteiger partial charge in [0.2, 0.25) is 0 Å². The summed E-state index contributed by atoms with van der Waals surface area (Å²) in [7, 11) is 0. The molecule has 0 aliphatic heterocycles. The minimum absolute atomic E-state index is 0.147. The largest absolute Gasteiger partial charge is 0.370 e. The van der Waals surface area contributed by atoms with E-state index in [1.54, 1.807) is 23.5 Å². The topological polar surface area (TPSA) is 9.23 Å². The molecule has 0 saturated heterocycles. The van der Waals surface area contributed by atoms with Gasteiger partial charge in [0.15, 0.2) is 0 Å². The Morgan fingerprint density at radius 1 is 1.39 bits per heavy atom. The summed E-state index contributed by atoms with van der Waals surface area (Å²) in [5, 5.41) is 0. The van der Waals surface area contributed by atoms with Crippen molar-refractivity contribution in [3.05, 3.63) is 58.9 Å². The molecular formula is C15H20OS2. The zero-order valence-electron chi connectivity index (χ0n) is 11.0. The number of hydrogen-bond acceptors (Lipinski definition) is 3. The highest BCUT2D eigenvalue weighted by Crippen LogP contribution is 2.23. The molecule has 1 aromatic rings. The Hall–Kier alpha value is -0.640. The minimum Gasteiger partial charge on any atom is -0.370 e. The van der Waals surface area contributed by atoms with Gasteiger partial charge in [-0.1, -0.05) is 49.1 Å². The van der Waals surface area contributed by atoms with Crippen LogP contribution in [0.15, 0.2) is 53.3 Å². The number of benzene rings is 1. The van der Waals surface area contributed by atoms with Crippen LogP contribution in [0.25, 0.3) is 0 Å². The van der Waals surface area contributed by atoms with Crippen LogP contribution in [0, 0.1) is 0 Å². The quantitative estimate of drug-likeness (QED) is 0.638. The molecule has 0 aliphatic rings. The lowest BCUT2D eigenvalue weighted by atomic mass is 10.2. The maximum absolute atomic E-state index is 5.74. The van der Waals surface area contributed by atoms with Crippen LogP contribution in [0.2, 0.25) is 0 Å². The molecule has 1 atom stereocenters. The van der Waals surface area contributed by atoms with E-state index in [9.17, 15) is 0 Å². The molecule has 0 heterocycles. The Bertz CT molecular complexity index is 373. The summed E-state index contributed by atoms with van der Waals surface area (Å²) in [6.07, 6.45) is 6.43. The Morgan fingerprint density at radius 2 is 2.11 bits per heavy atom. The Morgan fingerprint density at radius 3 is 2.78 bits per heavy atom. The fourth-order valence-electron chi connectivity index (χ4n) is 1.30. The lowest BCUT2D eigenvalue weighted by Gasteiger charge is -2.08. The highest BCUT2D eigenvalue weighted by molar-refractivity contribution is 8.21. The smallest absolute Gasteiger partial charge is 0.0732 e. The van der Waals surface area contributed by atoms with Crippen LogP contribution >= 0.6 is 23.5 Å². The van der Waals surface area contributed by atoms with Gasteiger partial charge >= 0.3 is 0 Å².